The molecule has 0 bridgehead atoms. The van der Waals surface area contributed by atoms with Gasteiger partial charge in [0.1, 0.15) is 0 Å². The lowest BCUT2D eigenvalue weighted by Gasteiger charge is -2.41. The number of hydrogen-bond donors (Lipinski definition) is 2. The molecule has 2 fully saturated rings. The van der Waals surface area contributed by atoms with Crippen LogP contribution in [0.3, 0.4) is 0 Å². The van der Waals surface area contributed by atoms with E-state index in [0.717, 1.165) is 37.7 Å². The van der Waals surface area contributed by atoms with Crippen molar-refractivity contribution in [1.29, 1.82) is 0 Å². The summed E-state index contributed by atoms with van der Waals surface area (Å²) in [5, 5.41) is 20.1. The van der Waals surface area contributed by atoms with Gasteiger partial charge in [-0.05, 0) is 79.9 Å². The zero-order valence-electron chi connectivity index (χ0n) is 14.5. The van der Waals surface area contributed by atoms with Gasteiger partial charge < -0.3 is 10.2 Å². The van der Waals surface area contributed by atoms with Crippen LogP contribution in [0, 0.1) is 11.3 Å². The summed E-state index contributed by atoms with van der Waals surface area (Å²) in [7, 11) is 0. The van der Waals surface area contributed by atoms with Crippen molar-refractivity contribution in [2.45, 2.75) is 71.0 Å². The molecule has 0 heterocycles. The lowest BCUT2D eigenvalue weighted by Crippen LogP contribution is -2.33. The van der Waals surface area contributed by atoms with Gasteiger partial charge >= 0.3 is 0 Å². The highest BCUT2D eigenvalue weighted by molar-refractivity contribution is 5.39. The van der Waals surface area contributed by atoms with Crippen molar-refractivity contribution in [1.82, 2.24) is 0 Å². The van der Waals surface area contributed by atoms with Crippen LogP contribution in [0.1, 0.15) is 58.8 Å². The summed E-state index contributed by atoms with van der Waals surface area (Å²) in [6.45, 7) is 8.29. The Morgan fingerprint density at radius 3 is 2.83 bits per heavy atom. The van der Waals surface area contributed by atoms with Crippen molar-refractivity contribution < 1.29 is 10.2 Å². The number of hydrogen-bond acceptors (Lipinski definition) is 2. The minimum atomic E-state index is -0.361. The van der Waals surface area contributed by atoms with E-state index in [1.54, 1.807) is 0 Å². The molecule has 0 spiro atoms. The third-order valence-corrected chi connectivity index (χ3v) is 6.30. The second kappa shape index (κ2) is 6.41. The number of allylic oxidation sites excluding steroid dienone is 4. The standard InChI is InChI=1S/C21H30O2/c1-14-16(6-4-8-20(14)23)9-10-17-7-5-13-21(3)18(15(2)22)11-12-19(17)21/h9-11,15,19-20,22-23H,1,4-8,12-13H2,2-3H3/b16-9-,17-10+. The largest absolute Gasteiger partial charge is 0.389 e. The first-order chi connectivity index (χ1) is 10.9. The molecule has 2 saturated carbocycles. The molecule has 0 aromatic carbocycles. The SMILES string of the molecule is C=C1/C(=C\C=C2/CCCC3(C)C(C(C)O)=CCC23)CCCC1O. The summed E-state index contributed by atoms with van der Waals surface area (Å²) in [5.74, 6) is 0.527. The molecule has 3 aliphatic rings. The molecular formula is C21H30O2. The molecule has 2 N–H and O–H groups in total. The van der Waals surface area contributed by atoms with Crippen LogP contribution in [0.15, 0.2) is 47.1 Å². The molecule has 0 amide bonds. The molecule has 2 nitrogen and oxygen atoms in total. The summed E-state index contributed by atoms with van der Waals surface area (Å²) in [4.78, 5) is 0. The Kier molecular flexibility index (Phi) is 4.66. The molecule has 2 heteroatoms. The Balaban J connectivity index is 1.83. The number of rotatable bonds is 2. The van der Waals surface area contributed by atoms with Crippen molar-refractivity contribution in [3.8, 4) is 0 Å². The summed E-state index contributed by atoms with van der Waals surface area (Å²) in [6, 6.07) is 0. The number of aliphatic hydroxyl groups is 2. The maximum atomic E-state index is 10.1. The van der Waals surface area contributed by atoms with Gasteiger partial charge in [0.25, 0.3) is 0 Å². The van der Waals surface area contributed by atoms with E-state index in [1.165, 1.54) is 29.6 Å². The molecule has 4 atom stereocenters. The Labute approximate surface area is 140 Å². The van der Waals surface area contributed by atoms with Gasteiger partial charge in [0, 0.05) is 0 Å². The zero-order valence-corrected chi connectivity index (χ0v) is 14.5. The van der Waals surface area contributed by atoms with Crippen molar-refractivity contribution in [3.63, 3.8) is 0 Å². The van der Waals surface area contributed by atoms with Gasteiger partial charge in [-0.3, -0.25) is 0 Å². The van der Waals surface area contributed by atoms with Crippen molar-refractivity contribution in [2.75, 3.05) is 0 Å². The van der Waals surface area contributed by atoms with Gasteiger partial charge in [0.15, 0.2) is 0 Å². The van der Waals surface area contributed by atoms with Crippen LogP contribution in [0.2, 0.25) is 0 Å². The predicted octanol–water partition coefficient (Wildman–Crippen LogP) is 4.46. The second-order valence-corrected chi connectivity index (χ2v) is 7.76. The van der Waals surface area contributed by atoms with E-state index in [-0.39, 0.29) is 17.6 Å². The fourth-order valence-corrected chi connectivity index (χ4v) is 4.93. The monoisotopic (exact) mass is 314 g/mol. The summed E-state index contributed by atoms with van der Waals surface area (Å²) >= 11 is 0. The van der Waals surface area contributed by atoms with Crippen LogP contribution in [0.5, 0.6) is 0 Å². The molecular weight excluding hydrogens is 284 g/mol. The van der Waals surface area contributed by atoms with E-state index in [0.29, 0.717) is 5.92 Å². The minimum absolute atomic E-state index is 0.125. The van der Waals surface area contributed by atoms with Crippen LogP contribution in [-0.2, 0) is 0 Å². The number of fused-ring (bicyclic) bond motifs is 1. The van der Waals surface area contributed by atoms with Gasteiger partial charge in [-0.2, -0.15) is 0 Å². The highest BCUT2D eigenvalue weighted by Gasteiger charge is 2.45. The van der Waals surface area contributed by atoms with Gasteiger partial charge in [-0.25, -0.2) is 0 Å². The summed E-state index contributed by atoms with van der Waals surface area (Å²) in [6.07, 6.45) is 13.5. The minimum Gasteiger partial charge on any atom is -0.389 e. The lowest BCUT2D eigenvalue weighted by molar-refractivity contribution is 0.158. The van der Waals surface area contributed by atoms with Gasteiger partial charge in [0.05, 0.1) is 12.2 Å². The third-order valence-electron chi connectivity index (χ3n) is 6.30. The van der Waals surface area contributed by atoms with Crippen LogP contribution in [-0.4, -0.2) is 22.4 Å². The normalized spacial score (nSPS) is 39.5. The fourth-order valence-electron chi connectivity index (χ4n) is 4.93. The Bertz CT molecular complexity index is 579. The summed E-state index contributed by atoms with van der Waals surface area (Å²) < 4.78 is 0. The smallest absolute Gasteiger partial charge is 0.0787 e. The average Bonchev–Trinajstić information content (AvgIpc) is 2.86. The molecule has 3 aliphatic carbocycles. The molecule has 3 rings (SSSR count). The second-order valence-electron chi connectivity index (χ2n) is 7.76. The molecule has 4 unspecified atom stereocenters. The van der Waals surface area contributed by atoms with Crippen molar-refractivity contribution >= 4 is 0 Å². The topological polar surface area (TPSA) is 40.5 Å². The third kappa shape index (κ3) is 2.99. The van der Waals surface area contributed by atoms with Crippen LogP contribution < -0.4 is 0 Å². The van der Waals surface area contributed by atoms with Crippen molar-refractivity contribution in [3.05, 3.63) is 47.1 Å². The van der Waals surface area contributed by atoms with Crippen molar-refractivity contribution in [2.24, 2.45) is 11.3 Å². The van der Waals surface area contributed by atoms with E-state index in [1.807, 2.05) is 6.92 Å². The van der Waals surface area contributed by atoms with Gasteiger partial charge in [-0.15, -0.1) is 0 Å². The molecule has 0 aliphatic heterocycles. The Morgan fingerprint density at radius 1 is 1.30 bits per heavy atom. The number of aliphatic hydroxyl groups excluding tert-OH is 2. The molecule has 0 aromatic heterocycles. The first-order valence-corrected chi connectivity index (χ1v) is 9.09. The van der Waals surface area contributed by atoms with E-state index in [4.69, 9.17) is 0 Å². The van der Waals surface area contributed by atoms with E-state index < -0.39 is 0 Å². The highest BCUT2D eigenvalue weighted by Crippen LogP contribution is 2.55. The van der Waals surface area contributed by atoms with E-state index >= 15 is 0 Å². The quantitative estimate of drug-likeness (QED) is 0.739. The maximum Gasteiger partial charge on any atom is 0.0787 e. The average molecular weight is 314 g/mol. The molecule has 0 saturated heterocycles. The molecule has 0 aromatic rings. The molecule has 0 radical (unpaired) electrons. The van der Waals surface area contributed by atoms with Crippen LogP contribution >= 0.6 is 0 Å². The van der Waals surface area contributed by atoms with Crippen LogP contribution in [0.4, 0.5) is 0 Å². The fraction of sp³-hybridized carbons (Fsp3) is 0.619. The van der Waals surface area contributed by atoms with E-state index in [9.17, 15) is 10.2 Å². The summed E-state index contributed by atoms with van der Waals surface area (Å²) in [5.41, 5.74) is 4.98. The van der Waals surface area contributed by atoms with Gasteiger partial charge in [-0.1, -0.05) is 37.3 Å². The zero-order chi connectivity index (χ0) is 16.6. The first kappa shape index (κ1) is 16.7. The van der Waals surface area contributed by atoms with E-state index in [2.05, 4.69) is 31.7 Å². The predicted molar refractivity (Wildman–Crippen MR) is 95.0 cm³/mol. The highest BCUT2D eigenvalue weighted by atomic mass is 16.3. The lowest BCUT2D eigenvalue weighted by atomic mass is 9.63. The molecule has 23 heavy (non-hydrogen) atoms. The Morgan fingerprint density at radius 2 is 2.09 bits per heavy atom. The first-order valence-electron chi connectivity index (χ1n) is 9.09. The Hall–Kier alpha value is -1.12. The van der Waals surface area contributed by atoms with Crippen LogP contribution in [0.25, 0.3) is 0 Å². The molecule has 126 valence electrons. The van der Waals surface area contributed by atoms with Gasteiger partial charge in [0.2, 0.25) is 0 Å². The maximum absolute atomic E-state index is 10.1.